The van der Waals surface area contributed by atoms with Gasteiger partial charge in [-0.1, -0.05) is 18.2 Å². The first-order chi connectivity index (χ1) is 9.79. The summed E-state index contributed by atoms with van der Waals surface area (Å²) in [6.07, 6.45) is 0. The van der Waals surface area contributed by atoms with Gasteiger partial charge in [-0.05, 0) is 18.6 Å². The van der Waals surface area contributed by atoms with Crippen LogP contribution in [0.1, 0.15) is 11.3 Å². The maximum atomic E-state index is 9.25. The summed E-state index contributed by atoms with van der Waals surface area (Å²) in [6, 6.07) is 9.97. The molecule has 3 rings (SSSR count). The van der Waals surface area contributed by atoms with Crippen molar-refractivity contribution in [2.24, 2.45) is 0 Å². The van der Waals surface area contributed by atoms with Gasteiger partial charge in [0.1, 0.15) is 6.07 Å². The van der Waals surface area contributed by atoms with Gasteiger partial charge >= 0.3 is 0 Å². The molecule has 1 fully saturated rings. The van der Waals surface area contributed by atoms with Gasteiger partial charge in [0.2, 0.25) is 5.69 Å². The van der Waals surface area contributed by atoms with E-state index in [9.17, 15) is 5.26 Å². The van der Waals surface area contributed by atoms with Crippen LogP contribution in [0, 0.1) is 18.3 Å². The molecule has 20 heavy (non-hydrogen) atoms. The standard InChI is InChI=1S/C14H15N5O/c1-11-4-2-3-5-13(11)19-16-12(10-15)14(17-19)18-6-8-20-9-7-18/h2-5H,6-9H2,1H3. The molecular weight excluding hydrogens is 254 g/mol. The van der Waals surface area contributed by atoms with Gasteiger partial charge in [-0.15, -0.1) is 15.0 Å². The van der Waals surface area contributed by atoms with Crippen molar-refractivity contribution in [1.82, 2.24) is 15.0 Å². The Hall–Kier alpha value is -2.39. The minimum absolute atomic E-state index is 0.357. The summed E-state index contributed by atoms with van der Waals surface area (Å²) in [7, 11) is 0. The van der Waals surface area contributed by atoms with E-state index in [4.69, 9.17) is 4.74 Å². The molecule has 0 aliphatic carbocycles. The highest BCUT2D eigenvalue weighted by Gasteiger charge is 2.20. The Bertz CT molecular complexity index is 652. The molecule has 2 aromatic rings. The molecule has 0 amide bonds. The molecule has 1 aromatic heterocycles. The van der Waals surface area contributed by atoms with E-state index in [0.717, 1.165) is 24.3 Å². The summed E-state index contributed by atoms with van der Waals surface area (Å²) < 4.78 is 5.33. The predicted molar refractivity (Wildman–Crippen MR) is 73.8 cm³/mol. The van der Waals surface area contributed by atoms with Crippen LogP contribution in [0.25, 0.3) is 5.69 Å². The third-order valence-corrected chi connectivity index (χ3v) is 3.34. The number of hydrogen-bond acceptors (Lipinski definition) is 5. The Labute approximate surface area is 117 Å². The molecular formula is C14H15N5O. The second kappa shape index (κ2) is 5.31. The Kier molecular flexibility index (Phi) is 3.35. The average molecular weight is 269 g/mol. The lowest BCUT2D eigenvalue weighted by Crippen LogP contribution is -2.37. The van der Waals surface area contributed by atoms with Gasteiger partial charge in [-0.25, -0.2) is 0 Å². The normalized spacial score (nSPS) is 15.1. The predicted octanol–water partition coefficient (Wildman–Crippen LogP) is 1.28. The molecule has 0 atom stereocenters. The number of benzene rings is 1. The lowest BCUT2D eigenvalue weighted by Gasteiger charge is -2.26. The molecule has 0 radical (unpaired) electrons. The Morgan fingerprint density at radius 1 is 1.20 bits per heavy atom. The molecule has 1 aliphatic rings. The van der Waals surface area contributed by atoms with Gasteiger partial charge in [0.25, 0.3) is 0 Å². The van der Waals surface area contributed by atoms with Crippen molar-refractivity contribution in [3.63, 3.8) is 0 Å². The van der Waals surface area contributed by atoms with E-state index in [1.165, 1.54) is 0 Å². The van der Waals surface area contributed by atoms with Crippen LogP contribution in [0.15, 0.2) is 24.3 Å². The van der Waals surface area contributed by atoms with Gasteiger partial charge < -0.3 is 9.64 Å². The highest BCUT2D eigenvalue weighted by Crippen LogP contribution is 2.19. The monoisotopic (exact) mass is 269 g/mol. The zero-order valence-electron chi connectivity index (χ0n) is 11.3. The number of aromatic nitrogens is 3. The third-order valence-electron chi connectivity index (χ3n) is 3.34. The van der Waals surface area contributed by atoms with Crippen LogP contribution in [0.5, 0.6) is 0 Å². The van der Waals surface area contributed by atoms with E-state index in [0.29, 0.717) is 24.7 Å². The topological polar surface area (TPSA) is 67.0 Å². The number of para-hydroxylation sites is 1. The maximum Gasteiger partial charge on any atom is 0.207 e. The first-order valence-electron chi connectivity index (χ1n) is 6.56. The van der Waals surface area contributed by atoms with Gasteiger partial charge in [0.05, 0.1) is 18.9 Å². The van der Waals surface area contributed by atoms with Crippen molar-refractivity contribution in [1.29, 1.82) is 5.26 Å². The summed E-state index contributed by atoms with van der Waals surface area (Å²) in [5.41, 5.74) is 2.32. The molecule has 0 N–H and O–H groups in total. The van der Waals surface area contributed by atoms with E-state index in [2.05, 4.69) is 16.3 Å². The molecule has 1 saturated heterocycles. The van der Waals surface area contributed by atoms with E-state index in [-0.39, 0.29) is 0 Å². The number of morpholine rings is 1. The minimum Gasteiger partial charge on any atom is -0.378 e. The Morgan fingerprint density at radius 3 is 2.65 bits per heavy atom. The van der Waals surface area contributed by atoms with Crippen molar-refractivity contribution in [2.45, 2.75) is 6.92 Å². The van der Waals surface area contributed by atoms with Crippen molar-refractivity contribution in [2.75, 3.05) is 31.2 Å². The smallest absolute Gasteiger partial charge is 0.207 e. The summed E-state index contributed by atoms with van der Waals surface area (Å²) in [5.74, 6) is 0.638. The zero-order chi connectivity index (χ0) is 13.9. The number of hydrogen-bond donors (Lipinski definition) is 0. The SMILES string of the molecule is Cc1ccccc1-n1nc(C#N)c(N2CCOCC2)n1. The molecule has 1 aliphatic heterocycles. The first kappa shape index (κ1) is 12.6. The van der Waals surface area contributed by atoms with Crippen LogP contribution in [-0.2, 0) is 4.74 Å². The van der Waals surface area contributed by atoms with Crippen molar-refractivity contribution < 1.29 is 4.74 Å². The summed E-state index contributed by atoms with van der Waals surface area (Å²) >= 11 is 0. The number of aryl methyl sites for hydroxylation is 1. The lowest BCUT2D eigenvalue weighted by atomic mass is 10.2. The van der Waals surface area contributed by atoms with Crippen molar-refractivity contribution in [3.05, 3.63) is 35.5 Å². The van der Waals surface area contributed by atoms with E-state index < -0.39 is 0 Å². The van der Waals surface area contributed by atoms with Crippen LogP contribution < -0.4 is 4.90 Å². The third kappa shape index (κ3) is 2.24. The molecule has 0 spiro atoms. The largest absolute Gasteiger partial charge is 0.378 e. The summed E-state index contributed by atoms with van der Waals surface area (Å²) in [5, 5.41) is 18.0. The number of nitriles is 1. The van der Waals surface area contributed by atoms with Crippen molar-refractivity contribution in [3.8, 4) is 11.8 Å². The molecule has 1 aromatic carbocycles. The van der Waals surface area contributed by atoms with E-state index >= 15 is 0 Å². The van der Waals surface area contributed by atoms with E-state index in [1.54, 1.807) is 4.80 Å². The van der Waals surface area contributed by atoms with Crippen LogP contribution in [0.3, 0.4) is 0 Å². The molecule has 6 nitrogen and oxygen atoms in total. The zero-order valence-corrected chi connectivity index (χ0v) is 11.3. The molecule has 6 heteroatoms. The first-order valence-corrected chi connectivity index (χ1v) is 6.56. The Morgan fingerprint density at radius 2 is 1.95 bits per heavy atom. The quantitative estimate of drug-likeness (QED) is 0.821. The van der Waals surface area contributed by atoms with Crippen LogP contribution in [-0.4, -0.2) is 41.3 Å². The van der Waals surface area contributed by atoms with Crippen LogP contribution >= 0.6 is 0 Å². The second-order valence-electron chi connectivity index (χ2n) is 4.66. The molecule has 0 unspecified atom stereocenters. The summed E-state index contributed by atoms with van der Waals surface area (Å²) in [6.45, 7) is 4.78. The molecule has 0 saturated carbocycles. The fourth-order valence-electron chi connectivity index (χ4n) is 2.25. The lowest BCUT2D eigenvalue weighted by molar-refractivity contribution is 0.122. The molecule has 0 bridgehead atoms. The van der Waals surface area contributed by atoms with Crippen LogP contribution in [0.4, 0.5) is 5.82 Å². The number of rotatable bonds is 2. The fraction of sp³-hybridized carbons (Fsp3) is 0.357. The minimum atomic E-state index is 0.357. The fourth-order valence-corrected chi connectivity index (χ4v) is 2.25. The highest BCUT2D eigenvalue weighted by molar-refractivity contribution is 5.51. The number of anilines is 1. The molecule has 102 valence electrons. The second-order valence-corrected chi connectivity index (χ2v) is 4.66. The van der Waals surface area contributed by atoms with Gasteiger partial charge in [0, 0.05) is 13.1 Å². The van der Waals surface area contributed by atoms with Gasteiger partial charge in [-0.3, -0.25) is 0 Å². The molecule has 2 heterocycles. The summed E-state index contributed by atoms with van der Waals surface area (Å²) in [4.78, 5) is 3.59. The van der Waals surface area contributed by atoms with Gasteiger partial charge in [-0.2, -0.15) is 5.26 Å². The highest BCUT2D eigenvalue weighted by atomic mass is 16.5. The number of ether oxygens (including phenoxy) is 1. The average Bonchev–Trinajstić information content (AvgIpc) is 2.92. The Balaban J connectivity index is 2.01. The van der Waals surface area contributed by atoms with Gasteiger partial charge in [0.15, 0.2) is 5.82 Å². The van der Waals surface area contributed by atoms with Crippen molar-refractivity contribution >= 4 is 5.82 Å². The van der Waals surface area contributed by atoms with Crippen LogP contribution in [0.2, 0.25) is 0 Å². The number of nitrogens with zero attached hydrogens (tertiary/aromatic N) is 5. The van der Waals surface area contributed by atoms with E-state index in [1.807, 2.05) is 36.1 Å². The maximum absolute atomic E-state index is 9.25.